The van der Waals surface area contributed by atoms with Gasteiger partial charge in [0.25, 0.3) is 0 Å². The fourth-order valence-electron chi connectivity index (χ4n) is 1.55. The number of aliphatic carboxylic acids is 1. The van der Waals surface area contributed by atoms with E-state index in [1.807, 2.05) is 0 Å². The molecule has 0 aliphatic heterocycles. The topological polar surface area (TPSA) is 83.6 Å². The Hall–Kier alpha value is -1.98. The number of aryl methyl sites for hydroxylation is 1. The fourth-order valence-corrected chi connectivity index (χ4v) is 1.98. The third-order valence-corrected chi connectivity index (χ3v) is 3.22. The van der Waals surface area contributed by atoms with Crippen LogP contribution in [0.25, 0.3) is 11.6 Å². The average Bonchev–Trinajstić information content (AvgIpc) is 2.81. The first kappa shape index (κ1) is 14.4. The quantitative estimate of drug-likeness (QED) is 0.845. The Kier molecular flexibility index (Phi) is 4.01. The fraction of sp³-hybridized carbons (Fsp3) is 0.0769. The van der Waals surface area contributed by atoms with E-state index in [1.54, 1.807) is 6.92 Å². The summed E-state index contributed by atoms with van der Waals surface area (Å²) in [6, 6.07) is 4.40. The van der Waals surface area contributed by atoms with Crippen molar-refractivity contribution in [3.63, 3.8) is 0 Å². The number of aromatic nitrogens is 1. The molecule has 2 rings (SSSR count). The van der Waals surface area contributed by atoms with Gasteiger partial charge in [0, 0.05) is 6.07 Å². The van der Waals surface area contributed by atoms with Crippen LogP contribution in [0.2, 0.25) is 10.0 Å². The van der Waals surface area contributed by atoms with Gasteiger partial charge in [-0.3, -0.25) is 0 Å². The molecule has 5 nitrogen and oxygen atoms in total. The number of phenolic OH excluding ortho intramolecular Hbond substituents is 1. The number of hydrogen-bond donors (Lipinski definition) is 2. The SMILES string of the molecule is Cc1cc(/C(=C/c2ccc(Cl)c(O)c2Cl)C(=O)O)on1. The predicted octanol–water partition coefficient (Wildman–Crippen LogP) is 3.62. The molecule has 7 heteroatoms. The minimum atomic E-state index is -1.20. The first-order valence-corrected chi connectivity index (χ1v) is 6.21. The molecule has 0 radical (unpaired) electrons. The molecule has 1 heterocycles. The summed E-state index contributed by atoms with van der Waals surface area (Å²) in [6.07, 6.45) is 1.28. The van der Waals surface area contributed by atoms with Gasteiger partial charge in [-0.25, -0.2) is 4.79 Å². The van der Waals surface area contributed by atoms with Gasteiger partial charge in [-0.15, -0.1) is 0 Å². The third-order valence-electron chi connectivity index (χ3n) is 2.52. The van der Waals surface area contributed by atoms with Crippen LogP contribution in [0.5, 0.6) is 5.75 Å². The summed E-state index contributed by atoms with van der Waals surface area (Å²) >= 11 is 11.6. The van der Waals surface area contributed by atoms with Gasteiger partial charge in [0.05, 0.1) is 15.7 Å². The van der Waals surface area contributed by atoms with Crippen molar-refractivity contribution < 1.29 is 19.5 Å². The monoisotopic (exact) mass is 313 g/mol. The number of nitrogens with zero attached hydrogens (tertiary/aromatic N) is 1. The van der Waals surface area contributed by atoms with E-state index in [4.69, 9.17) is 27.7 Å². The molecular weight excluding hydrogens is 305 g/mol. The maximum atomic E-state index is 11.3. The van der Waals surface area contributed by atoms with Crippen molar-refractivity contribution in [3.05, 3.63) is 45.3 Å². The number of hydrogen-bond acceptors (Lipinski definition) is 4. The standard InChI is InChI=1S/C13H9Cl2NO4/c1-6-4-10(20-16-6)8(13(18)19)5-7-2-3-9(14)12(17)11(7)15/h2-5,17H,1H3,(H,18,19)/b8-5-. The van der Waals surface area contributed by atoms with Crippen LogP contribution in [0, 0.1) is 6.92 Å². The van der Waals surface area contributed by atoms with Crippen LogP contribution in [0.1, 0.15) is 17.0 Å². The Morgan fingerprint density at radius 1 is 1.40 bits per heavy atom. The molecule has 0 unspecified atom stereocenters. The van der Waals surface area contributed by atoms with Crippen LogP contribution in [0.4, 0.5) is 0 Å². The Balaban J connectivity index is 2.55. The highest BCUT2D eigenvalue weighted by molar-refractivity contribution is 6.38. The molecule has 0 saturated heterocycles. The van der Waals surface area contributed by atoms with Crippen molar-refractivity contribution in [2.45, 2.75) is 6.92 Å². The van der Waals surface area contributed by atoms with Gasteiger partial charge in [-0.2, -0.15) is 0 Å². The van der Waals surface area contributed by atoms with Crippen molar-refractivity contribution in [3.8, 4) is 5.75 Å². The summed E-state index contributed by atoms with van der Waals surface area (Å²) in [5.74, 6) is -1.41. The lowest BCUT2D eigenvalue weighted by Gasteiger charge is -2.04. The van der Waals surface area contributed by atoms with E-state index < -0.39 is 5.97 Å². The van der Waals surface area contributed by atoms with Gasteiger partial charge in [-0.05, 0) is 24.6 Å². The Bertz CT molecular complexity index is 706. The molecule has 0 saturated carbocycles. The number of aromatic hydroxyl groups is 1. The van der Waals surface area contributed by atoms with Crippen LogP contribution in [-0.2, 0) is 4.79 Å². The molecule has 0 spiro atoms. The summed E-state index contributed by atoms with van der Waals surface area (Å²) in [5, 5.41) is 22.5. The summed E-state index contributed by atoms with van der Waals surface area (Å²) in [6.45, 7) is 1.67. The van der Waals surface area contributed by atoms with Crippen molar-refractivity contribution in [1.82, 2.24) is 5.16 Å². The van der Waals surface area contributed by atoms with Gasteiger partial charge in [0.2, 0.25) is 0 Å². The van der Waals surface area contributed by atoms with E-state index in [-0.39, 0.29) is 27.1 Å². The number of carboxylic acid groups (broad SMARTS) is 1. The van der Waals surface area contributed by atoms with Crippen molar-refractivity contribution >= 4 is 40.8 Å². The minimum Gasteiger partial charge on any atom is -0.505 e. The van der Waals surface area contributed by atoms with E-state index in [0.29, 0.717) is 11.3 Å². The van der Waals surface area contributed by atoms with Crippen LogP contribution in [0.3, 0.4) is 0 Å². The highest BCUT2D eigenvalue weighted by Gasteiger charge is 2.17. The van der Waals surface area contributed by atoms with Gasteiger partial charge in [-0.1, -0.05) is 34.4 Å². The molecule has 20 heavy (non-hydrogen) atoms. The van der Waals surface area contributed by atoms with E-state index in [2.05, 4.69) is 5.16 Å². The highest BCUT2D eigenvalue weighted by atomic mass is 35.5. The zero-order chi connectivity index (χ0) is 14.9. The smallest absolute Gasteiger partial charge is 0.339 e. The Morgan fingerprint density at radius 3 is 2.65 bits per heavy atom. The number of carboxylic acids is 1. The number of carbonyl (C=O) groups is 1. The van der Waals surface area contributed by atoms with Gasteiger partial charge >= 0.3 is 5.97 Å². The van der Waals surface area contributed by atoms with E-state index >= 15 is 0 Å². The van der Waals surface area contributed by atoms with Crippen molar-refractivity contribution in [1.29, 1.82) is 0 Å². The molecular formula is C13H9Cl2NO4. The van der Waals surface area contributed by atoms with Gasteiger partial charge < -0.3 is 14.7 Å². The largest absolute Gasteiger partial charge is 0.505 e. The molecule has 1 aromatic heterocycles. The zero-order valence-electron chi connectivity index (χ0n) is 10.2. The molecule has 0 aliphatic carbocycles. The highest BCUT2D eigenvalue weighted by Crippen LogP contribution is 2.36. The normalized spacial score (nSPS) is 11.7. The predicted molar refractivity (Wildman–Crippen MR) is 74.9 cm³/mol. The van der Waals surface area contributed by atoms with Gasteiger partial charge in [0.1, 0.15) is 5.57 Å². The lowest BCUT2D eigenvalue weighted by atomic mass is 10.1. The lowest BCUT2D eigenvalue weighted by Crippen LogP contribution is -1.98. The summed E-state index contributed by atoms with van der Waals surface area (Å²) < 4.78 is 4.92. The van der Waals surface area contributed by atoms with Crippen molar-refractivity contribution in [2.24, 2.45) is 0 Å². The first-order chi connectivity index (χ1) is 9.40. The maximum Gasteiger partial charge on any atom is 0.339 e. The second-order valence-electron chi connectivity index (χ2n) is 3.99. The molecule has 1 aromatic carbocycles. The molecule has 2 N–H and O–H groups in total. The third kappa shape index (κ3) is 2.79. The second-order valence-corrected chi connectivity index (χ2v) is 4.78. The Labute approximate surface area is 124 Å². The summed E-state index contributed by atoms with van der Waals surface area (Å²) in [5.41, 5.74) is 0.728. The average molecular weight is 314 g/mol. The molecule has 0 fully saturated rings. The second kappa shape index (κ2) is 5.56. The number of halogens is 2. The summed E-state index contributed by atoms with van der Waals surface area (Å²) in [7, 11) is 0. The van der Waals surface area contributed by atoms with Crippen LogP contribution >= 0.6 is 23.2 Å². The first-order valence-electron chi connectivity index (χ1n) is 5.45. The Morgan fingerprint density at radius 2 is 2.10 bits per heavy atom. The molecule has 104 valence electrons. The molecule has 0 aliphatic rings. The van der Waals surface area contributed by atoms with Gasteiger partial charge in [0.15, 0.2) is 11.5 Å². The summed E-state index contributed by atoms with van der Waals surface area (Å²) in [4.78, 5) is 11.3. The maximum absolute atomic E-state index is 11.3. The molecule has 0 bridgehead atoms. The van der Waals surface area contributed by atoms with Crippen LogP contribution in [0.15, 0.2) is 22.7 Å². The van der Waals surface area contributed by atoms with Crippen LogP contribution in [-0.4, -0.2) is 21.3 Å². The molecule has 0 amide bonds. The van der Waals surface area contributed by atoms with Crippen LogP contribution < -0.4 is 0 Å². The minimum absolute atomic E-state index is 0.0347. The number of phenols is 1. The number of rotatable bonds is 3. The zero-order valence-corrected chi connectivity index (χ0v) is 11.7. The van der Waals surface area contributed by atoms with Crippen molar-refractivity contribution in [2.75, 3.05) is 0 Å². The lowest BCUT2D eigenvalue weighted by molar-refractivity contribution is -0.130. The van der Waals surface area contributed by atoms with E-state index in [9.17, 15) is 15.0 Å². The van der Waals surface area contributed by atoms with E-state index in [1.165, 1.54) is 24.3 Å². The molecule has 2 aromatic rings. The number of benzene rings is 1. The molecule has 0 atom stereocenters. The van der Waals surface area contributed by atoms with E-state index in [0.717, 1.165) is 0 Å².